The van der Waals surface area contributed by atoms with E-state index in [1.54, 1.807) is 0 Å². The van der Waals surface area contributed by atoms with Gasteiger partial charge in [-0.3, -0.25) is 4.79 Å². The third-order valence-corrected chi connectivity index (χ3v) is 3.43. The van der Waals surface area contributed by atoms with Crippen LogP contribution in [0, 0.1) is 0 Å². The highest BCUT2D eigenvalue weighted by Crippen LogP contribution is 2.25. The van der Waals surface area contributed by atoms with Crippen molar-refractivity contribution in [1.29, 1.82) is 0 Å². The summed E-state index contributed by atoms with van der Waals surface area (Å²) in [5, 5.41) is 3.22. The van der Waals surface area contributed by atoms with Gasteiger partial charge in [-0.05, 0) is 37.5 Å². The summed E-state index contributed by atoms with van der Waals surface area (Å²) in [7, 11) is 1.41. The summed E-state index contributed by atoms with van der Waals surface area (Å²) in [5.74, 6) is 0.765. The molecule has 0 atom stereocenters. The van der Waals surface area contributed by atoms with E-state index in [2.05, 4.69) is 17.4 Å². The lowest BCUT2D eigenvalue weighted by Crippen LogP contribution is -2.48. The number of rotatable bonds is 5. The SMILES string of the molecule is COC(=O)C(C)(C)NCCc1ccc2c(c1)CCO2. The first-order valence-corrected chi connectivity index (χ1v) is 6.61. The van der Waals surface area contributed by atoms with Crippen LogP contribution in [0.25, 0.3) is 0 Å². The van der Waals surface area contributed by atoms with Crippen molar-refractivity contribution in [2.75, 3.05) is 20.3 Å². The van der Waals surface area contributed by atoms with Crippen molar-refractivity contribution in [3.05, 3.63) is 29.3 Å². The highest BCUT2D eigenvalue weighted by atomic mass is 16.5. The summed E-state index contributed by atoms with van der Waals surface area (Å²) < 4.78 is 10.2. The van der Waals surface area contributed by atoms with Crippen LogP contribution >= 0.6 is 0 Å². The van der Waals surface area contributed by atoms with E-state index in [4.69, 9.17) is 9.47 Å². The first-order chi connectivity index (χ1) is 9.03. The molecule has 0 saturated carbocycles. The van der Waals surface area contributed by atoms with Gasteiger partial charge in [0.05, 0.1) is 13.7 Å². The predicted octanol–water partition coefficient (Wildman–Crippen LogP) is 1.71. The van der Waals surface area contributed by atoms with Gasteiger partial charge >= 0.3 is 5.97 Å². The van der Waals surface area contributed by atoms with Crippen molar-refractivity contribution in [3.63, 3.8) is 0 Å². The lowest BCUT2D eigenvalue weighted by molar-refractivity contribution is -0.147. The molecule has 0 fully saturated rings. The molecule has 1 aliphatic heterocycles. The first kappa shape index (κ1) is 13.9. The molecule has 4 nitrogen and oxygen atoms in total. The van der Waals surface area contributed by atoms with Gasteiger partial charge in [-0.2, -0.15) is 0 Å². The molecule has 0 radical (unpaired) electrons. The highest BCUT2D eigenvalue weighted by Gasteiger charge is 2.27. The van der Waals surface area contributed by atoms with Gasteiger partial charge in [0.25, 0.3) is 0 Å². The standard InChI is InChI=1S/C15H21NO3/c1-15(2,14(17)18-3)16-8-6-11-4-5-13-12(10-11)7-9-19-13/h4-5,10,16H,6-9H2,1-3H3. The maximum atomic E-state index is 11.5. The fraction of sp³-hybridized carbons (Fsp3) is 0.533. The van der Waals surface area contributed by atoms with Crippen molar-refractivity contribution < 1.29 is 14.3 Å². The number of esters is 1. The normalized spacial score (nSPS) is 13.8. The fourth-order valence-electron chi connectivity index (χ4n) is 2.24. The minimum absolute atomic E-state index is 0.241. The molecule has 1 aliphatic rings. The van der Waals surface area contributed by atoms with Gasteiger partial charge in [0.2, 0.25) is 0 Å². The second kappa shape index (κ2) is 5.61. The number of ether oxygens (including phenoxy) is 2. The van der Waals surface area contributed by atoms with Crippen LogP contribution in [0.3, 0.4) is 0 Å². The first-order valence-electron chi connectivity index (χ1n) is 6.61. The second-order valence-electron chi connectivity index (χ2n) is 5.33. The van der Waals surface area contributed by atoms with Crippen molar-refractivity contribution in [2.45, 2.75) is 32.2 Å². The van der Waals surface area contributed by atoms with Crippen LogP contribution in [0.4, 0.5) is 0 Å². The molecule has 0 amide bonds. The van der Waals surface area contributed by atoms with Crippen LogP contribution in [0.2, 0.25) is 0 Å². The lowest BCUT2D eigenvalue weighted by Gasteiger charge is -2.23. The van der Waals surface area contributed by atoms with Crippen molar-refractivity contribution in [1.82, 2.24) is 5.32 Å². The van der Waals surface area contributed by atoms with Crippen LogP contribution in [0.5, 0.6) is 5.75 Å². The van der Waals surface area contributed by atoms with E-state index >= 15 is 0 Å². The number of methoxy groups -OCH3 is 1. The quantitative estimate of drug-likeness (QED) is 0.822. The van der Waals surface area contributed by atoms with Gasteiger partial charge in [-0.1, -0.05) is 12.1 Å². The van der Waals surface area contributed by atoms with Crippen molar-refractivity contribution in [3.8, 4) is 5.75 Å². The second-order valence-corrected chi connectivity index (χ2v) is 5.33. The topological polar surface area (TPSA) is 47.6 Å². The van der Waals surface area contributed by atoms with E-state index in [0.29, 0.717) is 0 Å². The third kappa shape index (κ3) is 3.26. The minimum atomic E-state index is -0.644. The molecule has 0 saturated heterocycles. The Labute approximate surface area is 114 Å². The average Bonchev–Trinajstić information content (AvgIpc) is 2.84. The van der Waals surface area contributed by atoms with Crippen LogP contribution in [-0.4, -0.2) is 31.8 Å². The summed E-state index contributed by atoms with van der Waals surface area (Å²) in [6, 6.07) is 6.30. The lowest BCUT2D eigenvalue weighted by atomic mass is 10.0. The molecule has 1 N–H and O–H groups in total. The Morgan fingerprint density at radius 1 is 1.47 bits per heavy atom. The largest absolute Gasteiger partial charge is 0.493 e. The number of benzene rings is 1. The number of nitrogens with one attached hydrogen (secondary N) is 1. The third-order valence-electron chi connectivity index (χ3n) is 3.43. The summed E-state index contributed by atoms with van der Waals surface area (Å²) in [4.78, 5) is 11.5. The molecule has 0 aromatic heterocycles. The zero-order chi connectivity index (χ0) is 13.9. The van der Waals surface area contributed by atoms with Crippen molar-refractivity contribution >= 4 is 5.97 Å². The molecule has 1 heterocycles. The molecule has 0 aliphatic carbocycles. The Hall–Kier alpha value is -1.55. The minimum Gasteiger partial charge on any atom is -0.493 e. The van der Waals surface area contributed by atoms with Gasteiger partial charge in [-0.15, -0.1) is 0 Å². The Morgan fingerprint density at radius 2 is 2.26 bits per heavy atom. The van der Waals surface area contributed by atoms with E-state index in [0.717, 1.165) is 31.7 Å². The van der Waals surface area contributed by atoms with Crippen LogP contribution in [-0.2, 0) is 22.4 Å². The monoisotopic (exact) mass is 263 g/mol. The Kier molecular flexibility index (Phi) is 4.10. The summed E-state index contributed by atoms with van der Waals surface area (Å²) in [5.41, 5.74) is 1.90. The molecule has 0 spiro atoms. The maximum Gasteiger partial charge on any atom is 0.325 e. The smallest absolute Gasteiger partial charge is 0.325 e. The molecule has 0 bridgehead atoms. The summed E-state index contributed by atoms with van der Waals surface area (Å²) in [6.45, 7) is 5.18. The van der Waals surface area contributed by atoms with Gasteiger partial charge in [0, 0.05) is 13.0 Å². The molecule has 1 aromatic carbocycles. The number of hydrogen-bond acceptors (Lipinski definition) is 4. The molecule has 19 heavy (non-hydrogen) atoms. The highest BCUT2D eigenvalue weighted by molar-refractivity contribution is 5.79. The molecule has 1 aromatic rings. The van der Waals surface area contributed by atoms with Gasteiger partial charge in [-0.25, -0.2) is 0 Å². The zero-order valence-electron chi connectivity index (χ0n) is 11.8. The van der Waals surface area contributed by atoms with Crippen molar-refractivity contribution in [2.24, 2.45) is 0 Å². The van der Waals surface area contributed by atoms with E-state index in [9.17, 15) is 4.79 Å². The van der Waals surface area contributed by atoms with Gasteiger partial charge in [0.15, 0.2) is 0 Å². The Morgan fingerprint density at radius 3 is 3.00 bits per heavy atom. The molecular weight excluding hydrogens is 242 g/mol. The number of fused-ring (bicyclic) bond motifs is 1. The molecular formula is C15H21NO3. The number of carbonyl (C=O) groups is 1. The van der Waals surface area contributed by atoms with E-state index < -0.39 is 5.54 Å². The fourth-order valence-corrected chi connectivity index (χ4v) is 2.24. The van der Waals surface area contributed by atoms with E-state index in [1.165, 1.54) is 18.2 Å². The van der Waals surface area contributed by atoms with Crippen LogP contribution in [0.15, 0.2) is 18.2 Å². The van der Waals surface area contributed by atoms with E-state index in [-0.39, 0.29) is 5.97 Å². The average molecular weight is 263 g/mol. The van der Waals surface area contributed by atoms with E-state index in [1.807, 2.05) is 19.9 Å². The van der Waals surface area contributed by atoms with Crippen LogP contribution < -0.4 is 10.1 Å². The molecule has 104 valence electrons. The zero-order valence-corrected chi connectivity index (χ0v) is 11.8. The molecule has 4 heteroatoms. The van der Waals surface area contributed by atoms with Gasteiger partial charge < -0.3 is 14.8 Å². The molecule has 2 rings (SSSR count). The Bertz CT molecular complexity index is 468. The summed E-state index contributed by atoms with van der Waals surface area (Å²) in [6.07, 6.45) is 1.87. The summed E-state index contributed by atoms with van der Waals surface area (Å²) >= 11 is 0. The van der Waals surface area contributed by atoms with Crippen LogP contribution in [0.1, 0.15) is 25.0 Å². The van der Waals surface area contributed by atoms with Gasteiger partial charge in [0.1, 0.15) is 11.3 Å². The number of hydrogen-bond donors (Lipinski definition) is 1. The maximum absolute atomic E-state index is 11.5. The Balaban J connectivity index is 1.88. The number of carbonyl (C=O) groups excluding carboxylic acids is 1. The molecule has 0 unspecified atom stereocenters. The predicted molar refractivity (Wildman–Crippen MR) is 73.4 cm³/mol.